The van der Waals surface area contributed by atoms with Gasteiger partial charge in [-0.3, -0.25) is 4.84 Å². The van der Waals surface area contributed by atoms with Crippen molar-refractivity contribution in [2.45, 2.75) is 0 Å². The number of hydroxylamine groups is 1. The van der Waals surface area contributed by atoms with E-state index in [1.165, 1.54) is 0 Å². The SMILES string of the molecule is OCCNOCCO. The van der Waals surface area contributed by atoms with Crippen molar-refractivity contribution >= 4 is 0 Å². The molecule has 0 atom stereocenters. The molecular weight excluding hydrogens is 110 g/mol. The van der Waals surface area contributed by atoms with Gasteiger partial charge in [-0.1, -0.05) is 0 Å². The summed E-state index contributed by atoms with van der Waals surface area (Å²) in [5.41, 5.74) is 2.43. The van der Waals surface area contributed by atoms with Crippen LogP contribution in [0.25, 0.3) is 0 Å². The molecule has 0 aromatic heterocycles. The molecule has 0 bridgehead atoms. The molecule has 0 aromatic carbocycles. The topological polar surface area (TPSA) is 61.7 Å². The van der Waals surface area contributed by atoms with Gasteiger partial charge < -0.3 is 10.2 Å². The first-order chi connectivity index (χ1) is 3.91. The van der Waals surface area contributed by atoms with Crippen LogP contribution in [-0.2, 0) is 4.84 Å². The molecule has 50 valence electrons. The first-order valence-corrected chi connectivity index (χ1v) is 2.48. The van der Waals surface area contributed by atoms with E-state index in [0.29, 0.717) is 6.54 Å². The summed E-state index contributed by atoms with van der Waals surface area (Å²) in [6, 6.07) is 0. The van der Waals surface area contributed by atoms with Gasteiger partial charge in [0, 0.05) is 6.54 Å². The van der Waals surface area contributed by atoms with Crippen LogP contribution in [0, 0.1) is 0 Å². The van der Waals surface area contributed by atoms with Crippen molar-refractivity contribution in [3.05, 3.63) is 0 Å². The lowest BCUT2D eigenvalue weighted by atomic mass is 10.7. The lowest BCUT2D eigenvalue weighted by Crippen LogP contribution is -2.20. The Bertz CT molecular complexity index is 36.3. The van der Waals surface area contributed by atoms with Gasteiger partial charge in [0.05, 0.1) is 19.8 Å². The second kappa shape index (κ2) is 6.84. The Labute approximate surface area is 48.0 Å². The van der Waals surface area contributed by atoms with Crippen LogP contribution in [0.2, 0.25) is 0 Å². The summed E-state index contributed by atoms with van der Waals surface area (Å²) in [5, 5.41) is 16.3. The number of hydrogen-bond acceptors (Lipinski definition) is 4. The number of hydrogen-bond donors (Lipinski definition) is 3. The highest BCUT2D eigenvalue weighted by atomic mass is 16.6. The van der Waals surface area contributed by atoms with Crippen LogP contribution in [-0.4, -0.2) is 36.6 Å². The maximum absolute atomic E-state index is 8.16. The second-order valence-electron chi connectivity index (χ2n) is 1.19. The van der Waals surface area contributed by atoms with Crippen LogP contribution in [0.3, 0.4) is 0 Å². The molecule has 4 heteroatoms. The van der Waals surface area contributed by atoms with Gasteiger partial charge in [0.15, 0.2) is 0 Å². The van der Waals surface area contributed by atoms with Gasteiger partial charge in [-0.15, -0.1) is 0 Å². The maximum atomic E-state index is 8.16. The molecule has 0 fully saturated rings. The Morgan fingerprint density at radius 1 is 1.25 bits per heavy atom. The summed E-state index contributed by atoms with van der Waals surface area (Å²) in [7, 11) is 0. The molecule has 0 amide bonds. The quantitative estimate of drug-likeness (QED) is 0.306. The average Bonchev–Trinajstić information content (AvgIpc) is 1.81. The predicted octanol–water partition coefficient (Wildman–Crippen LogP) is -1.51. The highest BCUT2D eigenvalue weighted by Crippen LogP contribution is 1.62. The van der Waals surface area contributed by atoms with Gasteiger partial charge in [-0.2, -0.15) is 0 Å². The zero-order valence-corrected chi connectivity index (χ0v) is 4.63. The van der Waals surface area contributed by atoms with Crippen molar-refractivity contribution in [3.63, 3.8) is 0 Å². The molecule has 0 saturated heterocycles. The molecule has 0 rings (SSSR count). The molecule has 0 spiro atoms. The van der Waals surface area contributed by atoms with Gasteiger partial charge >= 0.3 is 0 Å². The van der Waals surface area contributed by atoms with Gasteiger partial charge in [0.1, 0.15) is 0 Å². The predicted molar refractivity (Wildman–Crippen MR) is 28.1 cm³/mol. The van der Waals surface area contributed by atoms with E-state index in [9.17, 15) is 0 Å². The third-order valence-corrected chi connectivity index (χ3v) is 0.509. The molecule has 3 N–H and O–H groups in total. The molecule has 0 saturated carbocycles. The summed E-state index contributed by atoms with van der Waals surface area (Å²) in [4.78, 5) is 4.56. The first-order valence-electron chi connectivity index (χ1n) is 2.48. The Kier molecular flexibility index (Phi) is 6.70. The summed E-state index contributed by atoms with van der Waals surface area (Å²) in [6.07, 6.45) is 0. The van der Waals surface area contributed by atoms with Crippen LogP contribution >= 0.6 is 0 Å². The van der Waals surface area contributed by atoms with Crippen molar-refractivity contribution in [2.75, 3.05) is 26.4 Å². The Balaban J connectivity index is 2.53. The molecule has 8 heavy (non-hydrogen) atoms. The van der Waals surface area contributed by atoms with Crippen LogP contribution in [0.15, 0.2) is 0 Å². The Hall–Kier alpha value is -0.160. The van der Waals surface area contributed by atoms with E-state index in [-0.39, 0.29) is 19.8 Å². The smallest absolute Gasteiger partial charge is 0.0913 e. The molecule has 0 heterocycles. The maximum Gasteiger partial charge on any atom is 0.0913 e. The van der Waals surface area contributed by atoms with Crippen LogP contribution in [0.1, 0.15) is 0 Å². The van der Waals surface area contributed by atoms with E-state index >= 15 is 0 Å². The van der Waals surface area contributed by atoms with Gasteiger partial charge in [0.2, 0.25) is 0 Å². The minimum Gasteiger partial charge on any atom is -0.395 e. The molecule has 0 aromatic rings. The standard InChI is InChI=1S/C4H11NO3/c6-2-1-5-8-4-3-7/h5-7H,1-4H2. The van der Waals surface area contributed by atoms with E-state index in [1.54, 1.807) is 0 Å². The summed E-state index contributed by atoms with van der Waals surface area (Å²) in [5.74, 6) is 0. The lowest BCUT2D eigenvalue weighted by Gasteiger charge is -1.99. The number of nitrogens with one attached hydrogen (secondary N) is 1. The third-order valence-electron chi connectivity index (χ3n) is 0.509. The fourth-order valence-corrected chi connectivity index (χ4v) is 0.236. The summed E-state index contributed by atoms with van der Waals surface area (Å²) < 4.78 is 0. The van der Waals surface area contributed by atoms with Crippen molar-refractivity contribution in [2.24, 2.45) is 0 Å². The number of aliphatic hydroxyl groups excluding tert-OH is 2. The second-order valence-corrected chi connectivity index (χ2v) is 1.19. The normalized spacial score (nSPS) is 9.75. The van der Waals surface area contributed by atoms with Crippen molar-refractivity contribution < 1.29 is 15.1 Å². The zero-order valence-electron chi connectivity index (χ0n) is 4.63. The monoisotopic (exact) mass is 121 g/mol. The van der Waals surface area contributed by atoms with E-state index in [4.69, 9.17) is 10.2 Å². The molecule has 0 radical (unpaired) electrons. The van der Waals surface area contributed by atoms with Gasteiger partial charge in [-0.05, 0) is 0 Å². The zero-order chi connectivity index (χ0) is 6.24. The van der Waals surface area contributed by atoms with Crippen LogP contribution < -0.4 is 5.48 Å². The van der Waals surface area contributed by atoms with E-state index in [0.717, 1.165) is 0 Å². The third kappa shape index (κ3) is 5.84. The molecule has 0 aliphatic carbocycles. The highest BCUT2D eigenvalue weighted by molar-refractivity contribution is 4.26. The molecule has 0 unspecified atom stereocenters. The summed E-state index contributed by atoms with van der Waals surface area (Å²) >= 11 is 0. The average molecular weight is 121 g/mol. The fraction of sp³-hybridized carbons (Fsp3) is 1.00. The molecular formula is C4H11NO3. The highest BCUT2D eigenvalue weighted by Gasteiger charge is 1.81. The fourth-order valence-electron chi connectivity index (χ4n) is 0.236. The van der Waals surface area contributed by atoms with E-state index in [2.05, 4.69) is 10.3 Å². The van der Waals surface area contributed by atoms with Crippen molar-refractivity contribution in [1.82, 2.24) is 5.48 Å². The van der Waals surface area contributed by atoms with E-state index < -0.39 is 0 Å². The van der Waals surface area contributed by atoms with Gasteiger partial charge in [0.25, 0.3) is 0 Å². The minimum atomic E-state index is -0.00156. The first kappa shape index (κ1) is 7.84. The van der Waals surface area contributed by atoms with E-state index in [1.807, 2.05) is 0 Å². The summed E-state index contributed by atoms with van der Waals surface area (Å²) in [6.45, 7) is 0.712. The number of aliphatic hydroxyl groups is 2. The van der Waals surface area contributed by atoms with Crippen LogP contribution in [0.4, 0.5) is 0 Å². The van der Waals surface area contributed by atoms with Crippen LogP contribution in [0.5, 0.6) is 0 Å². The molecule has 0 aliphatic rings. The van der Waals surface area contributed by atoms with Crippen molar-refractivity contribution in [3.8, 4) is 0 Å². The lowest BCUT2D eigenvalue weighted by molar-refractivity contribution is 0.0109. The number of rotatable bonds is 5. The Morgan fingerprint density at radius 2 is 2.00 bits per heavy atom. The molecule has 0 aliphatic heterocycles. The van der Waals surface area contributed by atoms with Crippen molar-refractivity contribution in [1.29, 1.82) is 0 Å². The minimum absolute atomic E-state index is 0.00156. The molecule has 4 nitrogen and oxygen atoms in total. The van der Waals surface area contributed by atoms with Gasteiger partial charge in [-0.25, -0.2) is 5.48 Å². The Morgan fingerprint density at radius 3 is 2.50 bits per heavy atom. The largest absolute Gasteiger partial charge is 0.395 e.